The molecule has 2 amide bonds. The quantitative estimate of drug-likeness (QED) is 0.857. The zero-order valence-electron chi connectivity index (χ0n) is 13.2. The average Bonchev–Trinajstić information content (AvgIpc) is 2.85. The summed E-state index contributed by atoms with van der Waals surface area (Å²) in [4.78, 5) is 24.4. The van der Waals surface area contributed by atoms with E-state index in [0.717, 1.165) is 11.1 Å². The van der Waals surface area contributed by atoms with Gasteiger partial charge in [-0.1, -0.05) is 24.3 Å². The monoisotopic (exact) mass is 344 g/mol. The minimum atomic E-state index is -4.46. The SMILES string of the molecule is COCc1cccc(CNC(=O)[C@@H]2CC(=O)N(CC(F)(F)F)C2)c1. The van der Waals surface area contributed by atoms with Gasteiger partial charge < -0.3 is 15.0 Å². The van der Waals surface area contributed by atoms with Crippen LogP contribution in [0.4, 0.5) is 13.2 Å². The summed E-state index contributed by atoms with van der Waals surface area (Å²) in [6, 6.07) is 7.42. The number of halogens is 3. The third-order valence-electron chi connectivity index (χ3n) is 3.72. The third-order valence-corrected chi connectivity index (χ3v) is 3.72. The fraction of sp³-hybridized carbons (Fsp3) is 0.500. The molecular weight excluding hydrogens is 325 g/mol. The highest BCUT2D eigenvalue weighted by atomic mass is 19.4. The fourth-order valence-corrected chi connectivity index (χ4v) is 2.65. The highest BCUT2D eigenvalue weighted by Gasteiger charge is 2.40. The average molecular weight is 344 g/mol. The zero-order chi connectivity index (χ0) is 17.7. The molecule has 8 heteroatoms. The van der Waals surface area contributed by atoms with Gasteiger partial charge in [0, 0.05) is 26.6 Å². The zero-order valence-corrected chi connectivity index (χ0v) is 13.2. The van der Waals surface area contributed by atoms with Gasteiger partial charge in [0.05, 0.1) is 12.5 Å². The molecule has 5 nitrogen and oxygen atoms in total. The molecule has 1 aliphatic rings. The fourth-order valence-electron chi connectivity index (χ4n) is 2.65. The molecule has 132 valence electrons. The van der Waals surface area contributed by atoms with Crippen molar-refractivity contribution in [1.29, 1.82) is 0 Å². The molecule has 2 rings (SSSR count). The number of ether oxygens (including phenoxy) is 1. The summed E-state index contributed by atoms with van der Waals surface area (Å²) in [5, 5.41) is 2.67. The molecule has 1 aliphatic heterocycles. The summed E-state index contributed by atoms with van der Waals surface area (Å²) in [6.45, 7) is -0.811. The van der Waals surface area contributed by atoms with Crippen LogP contribution in [0.2, 0.25) is 0 Å². The predicted octanol–water partition coefficient (Wildman–Crippen LogP) is 1.86. The summed E-state index contributed by atoms with van der Waals surface area (Å²) in [5.74, 6) is -1.80. The van der Waals surface area contributed by atoms with Gasteiger partial charge in [-0.15, -0.1) is 0 Å². The number of carbonyl (C=O) groups is 2. The molecule has 24 heavy (non-hydrogen) atoms. The van der Waals surface area contributed by atoms with Crippen molar-refractivity contribution in [2.45, 2.75) is 25.7 Å². The molecule has 1 fully saturated rings. The van der Waals surface area contributed by atoms with Gasteiger partial charge >= 0.3 is 6.18 Å². The van der Waals surface area contributed by atoms with Crippen LogP contribution in [0, 0.1) is 5.92 Å². The Morgan fingerprint density at radius 1 is 1.38 bits per heavy atom. The topological polar surface area (TPSA) is 58.6 Å². The maximum atomic E-state index is 12.4. The largest absolute Gasteiger partial charge is 0.406 e. The van der Waals surface area contributed by atoms with Crippen molar-refractivity contribution in [2.75, 3.05) is 20.2 Å². The Labute approximate surface area is 137 Å². The van der Waals surface area contributed by atoms with Crippen molar-refractivity contribution < 1.29 is 27.5 Å². The molecule has 0 radical (unpaired) electrons. The van der Waals surface area contributed by atoms with Crippen LogP contribution in [0.25, 0.3) is 0 Å². The minimum absolute atomic E-state index is 0.189. The number of nitrogens with zero attached hydrogens (tertiary/aromatic N) is 1. The van der Waals surface area contributed by atoms with Crippen LogP contribution in [-0.2, 0) is 27.5 Å². The number of benzene rings is 1. The lowest BCUT2D eigenvalue weighted by atomic mass is 10.1. The van der Waals surface area contributed by atoms with Gasteiger partial charge in [0.2, 0.25) is 11.8 Å². The number of hydrogen-bond acceptors (Lipinski definition) is 3. The van der Waals surface area contributed by atoms with E-state index in [9.17, 15) is 22.8 Å². The maximum absolute atomic E-state index is 12.4. The first-order valence-corrected chi connectivity index (χ1v) is 7.47. The summed E-state index contributed by atoms with van der Waals surface area (Å²) >= 11 is 0. The first-order valence-electron chi connectivity index (χ1n) is 7.47. The van der Waals surface area contributed by atoms with Crippen molar-refractivity contribution in [2.24, 2.45) is 5.92 Å². The van der Waals surface area contributed by atoms with E-state index >= 15 is 0 Å². The number of carbonyl (C=O) groups excluding carboxylic acids is 2. The molecule has 1 aromatic rings. The summed E-state index contributed by atoms with van der Waals surface area (Å²) < 4.78 is 42.2. The number of rotatable bonds is 6. The second-order valence-electron chi connectivity index (χ2n) is 5.76. The van der Waals surface area contributed by atoms with Crippen LogP contribution in [0.1, 0.15) is 17.5 Å². The molecule has 0 unspecified atom stereocenters. The predicted molar refractivity (Wildman–Crippen MR) is 79.7 cm³/mol. The first-order chi connectivity index (χ1) is 11.3. The smallest absolute Gasteiger partial charge is 0.380 e. The van der Waals surface area contributed by atoms with Gasteiger partial charge in [-0.25, -0.2) is 0 Å². The standard InChI is InChI=1S/C16H19F3N2O3/c1-24-9-12-4-2-3-11(5-12)7-20-15(23)13-6-14(22)21(8-13)10-16(17,18)19/h2-5,13H,6-10H2,1H3,(H,20,23)/t13-/m1/s1. The van der Waals surface area contributed by atoms with E-state index in [0.29, 0.717) is 11.5 Å². The number of amides is 2. The number of alkyl halides is 3. The van der Waals surface area contributed by atoms with Gasteiger partial charge in [-0.3, -0.25) is 9.59 Å². The van der Waals surface area contributed by atoms with Crippen molar-refractivity contribution in [3.8, 4) is 0 Å². The lowest BCUT2D eigenvalue weighted by Crippen LogP contribution is -2.37. The third kappa shape index (κ3) is 5.23. The van der Waals surface area contributed by atoms with Crippen molar-refractivity contribution >= 4 is 11.8 Å². The van der Waals surface area contributed by atoms with Crippen LogP contribution < -0.4 is 5.32 Å². The molecule has 0 bridgehead atoms. The van der Waals surface area contributed by atoms with Gasteiger partial charge in [-0.2, -0.15) is 13.2 Å². The van der Waals surface area contributed by atoms with Gasteiger partial charge in [0.15, 0.2) is 0 Å². The molecule has 0 saturated carbocycles. The highest BCUT2D eigenvalue weighted by molar-refractivity contribution is 5.89. The lowest BCUT2D eigenvalue weighted by molar-refractivity contribution is -0.157. The van der Waals surface area contributed by atoms with E-state index in [-0.39, 0.29) is 19.5 Å². The minimum Gasteiger partial charge on any atom is -0.380 e. The number of methoxy groups -OCH3 is 1. The maximum Gasteiger partial charge on any atom is 0.406 e. The van der Waals surface area contributed by atoms with E-state index < -0.39 is 30.5 Å². The molecule has 0 aliphatic carbocycles. The summed E-state index contributed by atoms with van der Waals surface area (Å²) in [7, 11) is 1.58. The Kier molecular flexibility index (Phi) is 5.82. The summed E-state index contributed by atoms with van der Waals surface area (Å²) in [6.07, 6.45) is -4.64. The van der Waals surface area contributed by atoms with E-state index in [1.807, 2.05) is 24.3 Å². The van der Waals surface area contributed by atoms with E-state index in [2.05, 4.69) is 5.32 Å². The summed E-state index contributed by atoms with van der Waals surface area (Å²) in [5.41, 5.74) is 1.81. The van der Waals surface area contributed by atoms with Crippen LogP contribution >= 0.6 is 0 Å². The lowest BCUT2D eigenvalue weighted by Gasteiger charge is -2.18. The Balaban J connectivity index is 1.87. The number of nitrogens with one attached hydrogen (secondary N) is 1. The molecular formula is C16H19F3N2O3. The molecule has 1 aromatic carbocycles. The van der Waals surface area contributed by atoms with Gasteiger partial charge in [-0.05, 0) is 11.1 Å². The first kappa shape index (κ1) is 18.3. The van der Waals surface area contributed by atoms with Gasteiger partial charge in [0.25, 0.3) is 0 Å². The van der Waals surface area contributed by atoms with Gasteiger partial charge in [0.1, 0.15) is 6.54 Å². The molecule has 0 aromatic heterocycles. The Hall–Kier alpha value is -2.09. The number of hydrogen-bond donors (Lipinski definition) is 1. The second-order valence-corrected chi connectivity index (χ2v) is 5.76. The Bertz CT molecular complexity index is 604. The van der Waals surface area contributed by atoms with Crippen LogP contribution in [0.15, 0.2) is 24.3 Å². The van der Waals surface area contributed by atoms with E-state index in [4.69, 9.17) is 4.74 Å². The van der Waals surface area contributed by atoms with Crippen molar-refractivity contribution in [3.63, 3.8) is 0 Å². The Morgan fingerprint density at radius 2 is 2.08 bits per heavy atom. The molecule has 0 spiro atoms. The van der Waals surface area contributed by atoms with E-state index in [1.54, 1.807) is 7.11 Å². The van der Waals surface area contributed by atoms with Crippen molar-refractivity contribution in [3.05, 3.63) is 35.4 Å². The van der Waals surface area contributed by atoms with E-state index in [1.165, 1.54) is 0 Å². The number of likely N-dealkylation sites (tertiary alicyclic amines) is 1. The van der Waals surface area contributed by atoms with Crippen LogP contribution in [0.5, 0.6) is 0 Å². The normalized spacial score (nSPS) is 18.1. The van der Waals surface area contributed by atoms with Crippen molar-refractivity contribution in [1.82, 2.24) is 10.2 Å². The molecule has 1 N–H and O–H groups in total. The molecule has 1 saturated heterocycles. The highest BCUT2D eigenvalue weighted by Crippen LogP contribution is 2.24. The van der Waals surface area contributed by atoms with Crippen LogP contribution in [0.3, 0.4) is 0 Å². The molecule has 1 heterocycles. The second kappa shape index (κ2) is 7.65. The van der Waals surface area contributed by atoms with Crippen LogP contribution in [-0.4, -0.2) is 43.1 Å². The Morgan fingerprint density at radius 3 is 2.75 bits per heavy atom. The molecule has 1 atom stereocenters.